The summed E-state index contributed by atoms with van der Waals surface area (Å²) in [4.78, 5) is 16.4. The Labute approximate surface area is 107 Å². The van der Waals surface area contributed by atoms with E-state index in [1.54, 1.807) is 17.0 Å². The molecule has 0 atom stereocenters. The van der Waals surface area contributed by atoms with Crippen molar-refractivity contribution >= 4 is 5.82 Å². The Bertz CT molecular complexity index is 460. The lowest BCUT2D eigenvalue weighted by Crippen LogP contribution is -2.45. The van der Waals surface area contributed by atoms with Crippen molar-refractivity contribution in [2.24, 2.45) is 5.73 Å². The van der Waals surface area contributed by atoms with Crippen LogP contribution in [0.15, 0.2) is 17.2 Å². The molecule has 1 aromatic rings. The highest BCUT2D eigenvalue weighted by molar-refractivity contribution is 5.36. The van der Waals surface area contributed by atoms with Gasteiger partial charge in [-0.15, -0.1) is 0 Å². The second-order valence-corrected chi connectivity index (χ2v) is 5.40. The molecule has 0 spiro atoms. The summed E-state index contributed by atoms with van der Waals surface area (Å²) >= 11 is 0. The molecule has 100 valence electrons. The van der Waals surface area contributed by atoms with E-state index >= 15 is 0 Å². The highest BCUT2D eigenvalue weighted by Gasteiger charge is 2.33. The van der Waals surface area contributed by atoms with Crippen LogP contribution in [0.1, 0.15) is 45.6 Å². The number of anilines is 1. The Balaban J connectivity index is 2.29. The van der Waals surface area contributed by atoms with Gasteiger partial charge in [0.15, 0.2) is 5.82 Å². The highest BCUT2D eigenvalue weighted by Crippen LogP contribution is 2.31. The minimum Gasteiger partial charge on any atom is -0.359 e. The van der Waals surface area contributed by atoms with Crippen LogP contribution < -0.4 is 16.6 Å². The summed E-state index contributed by atoms with van der Waals surface area (Å²) < 4.78 is 1.69. The van der Waals surface area contributed by atoms with Crippen molar-refractivity contribution < 1.29 is 0 Å². The van der Waals surface area contributed by atoms with E-state index in [0.29, 0.717) is 12.4 Å². The number of nitrogens with zero attached hydrogens (tertiary/aromatic N) is 2. The van der Waals surface area contributed by atoms with Crippen LogP contribution in [0, 0.1) is 0 Å². The third kappa shape index (κ3) is 2.41. The lowest BCUT2D eigenvalue weighted by molar-refractivity contribution is 0.487. The van der Waals surface area contributed by atoms with Gasteiger partial charge in [-0.1, -0.05) is 12.8 Å². The standard InChI is InChI=1S/C13H22N4O/c1-10(2)17-8-7-15-11(12(17)18)16-13(9-14)5-3-4-6-13/h7-8,10H,3-6,9,14H2,1-2H3,(H,15,16). The zero-order valence-electron chi connectivity index (χ0n) is 11.1. The van der Waals surface area contributed by atoms with Crippen molar-refractivity contribution in [3.8, 4) is 0 Å². The number of nitrogens with one attached hydrogen (secondary N) is 1. The second-order valence-electron chi connectivity index (χ2n) is 5.40. The molecule has 1 aliphatic carbocycles. The molecule has 5 heteroatoms. The summed E-state index contributed by atoms with van der Waals surface area (Å²) in [6.07, 6.45) is 7.75. The molecule has 0 bridgehead atoms. The lowest BCUT2D eigenvalue weighted by Gasteiger charge is -2.29. The van der Waals surface area contributed by atoms with Gasteiger partial charge in [0, 0.05) is 25.0 Å². The minimum absolute atomic E-state index is 0.0628. The predicted octanol–water partition coefficient (Wildman–Crippen LogP) is 1.51. The predicted molar refractivity (Wildman–Crippen MR) is 72.8 cm³/mol. The molecule has 0 unspecified atom stereocenters. The Morgan fingerprint density at radius 1 is 1.50 bits per heavy atom. The van der Waals surface area contributed by atoms with Crippen molar-refractivity contribution in [2.75, 3.05) is 11.9 Å². The third-order valence-corrected chi connectivity index (χ3v) is 3.76. The van der Waals surface area contributed by atoms with E-state index in [1.807, 2.05) is 13.8 Å². The lowest BCUT2D eigenvalue weighted by atomic mass is 9.98. The molecule has 0 amide bonds. The van der Waals surface area contributed by atoms with E-state index in [2.05, 4.69) is 10.3 Å². The number of hydrogen-bond acceptors (Lipinski definition) is 4. The molecule has 0 saturated heterocycles. The van der Waals surface area contributed by atoms with Crippen LogP contribution in [0.3, 0.4) is 0 Å². The first-order valence-corrected chi connectivity index (χ1v) is 6.63. The maximum atomic E-state index is 12.3. The molecular weight excluding hydrogens is 228 g/mol. The Hall–Kier alpha value is -1.36. The number of aromatic nitrogens is 2. The maximum Gasteiger partial charge on any atom is 0.293 e. The molecule has 3 N–H and O–H groups in total. The van der Waals surface area contributed by atoms with E-state index in [9.17, 15) is 4.79 Å². The zero-order chi connectivity index (χ0) is 13.2. The first-order chi connectivity index (χ1) is 8.58. The zero-order valence-corrected chi connectivity index (χ0v) is 11.1. The molecule has 18 heavy (non-hydrogen) atoms. The normalized spacial score (nSPS) is 18.2. The average molecular weight is 250 g/mol. The molecule has 1 saturated carbocycles. The average Bonchev–Trinajstić information content (AvgIpc) is 2.81. The van der Waals surface area contributed by atoms with Crippen molar-refractivity contribution in [3.05, 3.63) is 22.7 Å². The van der Waals surface area contributed by atoms with Crippen molar-refractivity contribution in [1.29, 1.82) is 0 Å². The van der Waals surface area contributed by atoms with E-state index in [-0.39, 0.29) is 17.1 Å². The number of nitrogens with two attached hydrogens (primary N) is 1. The third-order valence-electron chi connectivity index (χ3n) is 3.76. The SMILES string of the molecule is CC(C)n1ccnc(NC2(CN)CCCC2)c1=O. The number of hydrogen-bond donors (Lipinski definition) is 2. The fourth-order valence-electron chi connectivity index (χ4n) is 2.60. The topological polar surface area (TPSA) is 72.9 Å². The van der Waals surface area contributed by atoms with Gasteiger partial charge in [0.1, 0.15) is 0 Å². The molecule has 1 heterocycles. The van der Waals surface area contributed by atoms with E-state index < -0.39 is 0 Å². The molecule has 0 aliphatic heterocycles. The van der Waals surface area contributed by atoms with Gasteiger partial charge in [0.25, 0.3) is 5.56 Å². The molecule has 2 rings (SSSR count). The molecule has 1 aromatic heterocycles. The van der Waals surface area contributed by atoms with Crippen LogP contribution in [0.4, 0.5) is 5.82 Å². The van der Waals surface area contributed by atoms with Crippen molar-refractivity contribution in [2.45, 2.75) is 51.1 Å². The van der Waals surface area contributed by atoms with Gasteiger partial charge < -0.3 is 15.6 Å². The van der Waals surface area contributed by atoms with Crippen LogP contribution in [0.25, 0.3) is 0 Å². The quantitative estimate of drug-likeness (QED) is 0.849. The molecule has 1 fully saturated rings. The monoisotopic (exact) mass is 250 g/mol. The van der Waals surface area contributed by atoms with Gasteiger partial charge >= 0.3 is 0 Å². The van der Waals surface area contributed by atoms with Crippen LogP contribution in [-0.4, -0.2) is 21.6 Å². The van der Waals surface area contributed by atoms with Gasteiger partial charge in [-0.2, -0.15) is 0 Å². The fourth-order valence-corrected chi connectivity index (χ4v) is 2.60. The summed E-state index contributed by atoms with van der Waals surface area (Å²) in [7, 11) is 0. The van der Waals surface area contributed by atoms with E-state index in [4.69, 9.17) is 5.73 Å². The van der Waals surface area contributed by atoms with E-state index in [1.165, 1.54) is 0 Å². The van der Waals surface area contributed by atoms with Crippen molar-refractivity contribution in [3.63, 3.8) is 0 Å². The van der Waals surface area contributed by atoms with Crippen molar-refractivity contribution in [1.82, 2.24) is 9.55 Å². The molecule has 1 aliphatic rings. The number of rotatable bonds is 4. The largest absolute Gasteiger partial charge is 0.359 e. The molecule has 0 aromatic carbocycles. The molecule has 5 nitrogen and oxygen atoms in total. The van der Waals surface area contributed by atoms with Gasteiger partial charge in [-0.3, -0.25) is 4.79 Å². The molecular formula is C13H22N4O. The van der Waals surface area contributed by atoms with Gasteiger partial charge in [0.2, 0.25) is 0 Å². The smallest absolute Gasteiger partial charge is 0.293 e. The Kier molecular flexibility index (Phi) is 3.71. The summed E-state index contributed by atoms with van der Waals surface area (Å²) in [5.41, 5.74) is 5.67. The Morgan fingerprint density at radius 3 is 2.72 bits per heavy atom. The highest BCUT2D eigenvalue weighted by atomic mass is 16.1. The van der Waals surface area contributed by atoms with Crippen LogP contribution in [0.5, 0.6) is 0 Å². The minimum atomic E-state index is -0.137. The first kappa shape index (κ1) is 13.1. The summed E-state index contributed by atoms with van der Waals surface area (Å²) in [6.45, 7) is 4.52. The Morgan fingerprint density at radius 2 is 2.17 bits per heavy atom. The van der Waals surface area contributed by atoms with Crippen LogP contribution in [0.2, 0.25) is 0 Å². The van der Waals surface area contributed by atoms with Crippen LogP contribution >= 0.6 is 0 Å². The summed E-state index contributed by atoms with van der Waals surface area (Å²) in [6, 6.07) is 0.137. The van der Waals surface area contributed by atoms with E-state index in [0.717, 1.165) is 25.7 Å². The summed E-state index contributed by atoms with van der Waals surface area (Å²) in [5, 5.41) is 3.30. The maximum absolute atomic E-state index is 12.3. The fraction of sp³-hybridized carbons (Fsp3) is 0.692. The van der Waals surface area contributed by atoms with Crippen LogP contribution in [-0.2, 0) is 0 Å². The second kappa shape index (κ2) is 5.10. The van der Waals surface area contributed by atoms with Gasteiger partial charge in [0.05, 0.1) is 5.54 Å². The molecule has 0 radical (unpaired) electrons. The summed E-state index contributed by atoms with van der Waals surface area (Å²) in [5.74, 6) is 0.429. The van der Waals surface area contributed by atoms with Gasteiger partial charge in [-0.25, -0.2) is 4.98 Å². The van der Waals surface area contributed by atoms with Gasteiger partial charge in [-0.05, 0) is 26.7 Å². The first-order valence-electron chi connectivity index (χ1n) is 6.63.